The number of rotatable bonds is 5. The summed E-state index contributed by atoms with van der Waals surface area (Å²) < 4.78 is 11.4. The summed E-state index contributed by atoms with van der Waals surface area (Å²) in [7, 11) is 2.07. The van der Waals surface area contributed by atoms with E-state index in [9.17, 15) is 0 Å². The molecule has 0 radical (unpaired) electrons. The van der Waals surface area contributed by atoms with E-state index < -0.39 is 0 Å². The van der Waals surface area contributed by atoms with Crippen molar-refractivity contribution in [2.75, 3.05) is 46.5 Å². The highest BCUT2D eigenvalue weighted by molar-refractivity contribution is 4.84. The van der Waals surface area contributed by atoms with Crippen LogP contribution in [0.3, 0.4) is 0 Å². The van der Waals surface area contributed by atoms with E-state index in [2.05, 4.69) is 24.2 Å². The number of morpholine rings is 1. The lowest BCUT2D eigenvalue weighted by molar-refractivity contribution is -0.0504. The molecule has 4 heteroatoms. The molecule has 0 saturated carbocycles. The Morgan fingerprint density at radius 2 is 2.06 bits per heavy atom. The van der Waals surface area contributed by atoms with E-state index in [4.69, 9.17) is 9.47 Å². The van der Waals surface area contributed by atoms with E-state index in [0.29, 0.717) is 12.1 Å². The van der Waals surface area contributed by atoms with Crippen molar-refractivity contribution in [1.82, 2.24) is 10.2 Å². The van der Waals surface area contributed by atoms with Gasteiger partial charge in [-0.15, -0.1) is 0 Å². The molecule has 0 aromatic rings. The zero-order valence-electron chi connectivity index (χ0n) is 11.9. The number of hydrogen-bond donors (Lipinski definition) is 1. The first-order valence-corrected chi connectivity index (χ1v) is 7.42. The topological polar surface area (TPSA) is 33.7 Å². The summed E-state index contributed by atoms with van der Waals surface area (Å²) in [5, 5.41) is 3.47. The van der Waals surface area contributed by atoms with Gasteiger partial charge in [0.15, 0.2) is 0 Å². The van der Waals surface area contributed by atoms with E-state index in [-0.39, 0.29) is 0 Å². The van der Waals surface area contributed by atoms with Gasteiger partial charge in [0.2, 0.25) is 0 Å². The van der Waals surface area contributed by atoms with E-state index in [1.165, 1.54) is 19.3 Å². The average molecular weight is 256 g/mol. The van der Waals surface area contributed by atoms with Gasteiger partial charge in [-0.2, -0.15) is 0 Å². The van der Waals surface area contributed by atoms with Crippen LogP contribution < -0.4 is 5.32 Å². The maximum absolute atomic E-state index is 5.97. The van der Waals surface area contributed by atoms with Crippen molar-refractivity contribution >= 4 is 0 Å². The summed E-state index contributed by atoms with van der Waals surface area (Å²) in [4.78, 5) is 2.49. The SMILES string of the molecule is CCN1CCOC(C(CC2CCOCC2)NC)C1. The normalized spacial score (nSPS) is 29.3. The minimum absolute atomic E-state index is 0.353. The molecule has 0 amide bonds. The molecule has 0 spiro atoms. The van der Waals surface area contributed by atoms with Gasteiger partial charge in [-0.05, 0) is 38.8 Å². The second-order valence-electron chi connectivity index (χ2n) is 5.49. The Morgan fingerprint density at radius 1 is 1.28 bits per heavy atom. The van der Waals surface area contributed by atoms with E-state index in [1.54, 1.807) is 0 Å². The fraction of sp³-hybridized carbons (Fsp3) is 1.00. The van der Waals surface area contributed by atoms with Gasteiger partial charge in [-0.1, -0.05) is 6.92 Å². The first-order chi connectivity index (χ1) is 8.83. The Morgan fingerprint density at radius 3 is 2.72 bits per heavy atom. The molecule has 2 aliphatic heterocycles. The number of nitrogens with zero attached hydrogens (tertiary/aromatic N) is 1. The van der Waals surface area contributed by atoms with Crippen LogP contribution in [0.25, 0.3) is 0 Å². The molecule has 0 bridgehead atoms. The van der Waals surface area contributed by atoms with E-state index in [1.807, 2.05) is 0 Å². The minimum atomic E-state index is 0.353. The zero-order valence-corrected chi connectivity index (χ0v) is 11.9. The first kappa shape index (κ1) is 14.3. The standard InChI is InChI=1S/C14H28N2O2/c1-3-16-6-9-18-14(11-16)13(15-2)10-12-4-7-17-8-5-12/h12-15H,3-11H2,1-2H3. The van der Waals surface area contributed by atoms with Crippen LogP contribution in [0.1, 0.15) is 26.2 Å². The number of ether oxygens (including phenoxy) is 2. The summed E-state index contributed by atoms with van der Waals surface area (Å²) in [6.07, 6.45) is 4.00. The molecule has 2 atom stereocenters. The summed E-state index contributed by atoms with van der Waals surface area (Å²) in [6.45, 7) is 8.28. The van der Waals surface area contributed by atoms with Crippen LogP contribution in [0, 0.1) is 5.92 Å². The monoisotopic (exact) mass is 256 g/mol. The van der Waals surface area contributed by atoms with Crippen LogP contribution in [0.4, 0.5) is 0 Å². The molecule has 2 unspecified atom stereocenters. The quantitative estimate of drug-likeness (QED) is 0.799. The molecule has 2 heterocycles. The smallest absolute Gasteiger partial charge is 0.0855 e. The molecule has 2 fully saturated rings. The molecule has 1 N–H and O–H groups in total. The van der Waals surface area contributed by atoms with Crippen molar-refractivity contribution in [3.8, 4) is 0 Å². The van der Waals surface area contributed by atoms with Crippen molar-refractivity contribution in [1.29, 1.82) is 0 Å². The van der Waals surface area contributed by atoms with Gasteiger partial charge >= 0.3 is 0 Å². The molecule has 0 aromatic carbocycles. The highest BCUT2D eigenvalue weighted by atomic mass is 16.5. The van der Waals surface area contributed by atoms with Gasteiger partial charge in [-0.25, -0.2) is 0 Å². The van der Waals surface area contributed by atoms with E-state index in [0.717, 1.165) is 45.4 Å². The molecule has 0 aliphatic carbocycles. The lowest BCUT2D eigenvalue weighted by Gasteiger charge is -2.38. The van der Waals surface area contributed by atoms with Gasteiger partial charge in [0.25, 0.3) is 0 Å². The highest BCUT2D eigenvalue weighted by Gasteiger charge is 2.29. The molecule has 2 saturated heterocycles. The van der Waals surface area contributed by atoms with Crippen LogP contribution in [-0.4, -0.2) is 63.5 Å². The molecule has 18 heavy (non-hydrogen) atoms. The molecule has 2 rings (SSSR count). The highest BCUT2D eigenvalue weighted by Crippen LogP contribution is 2.23. The summed E-state index contributed by atoms with van der Waals surface area (Å²) >= 11 is 0. The van der Waals surface area contributed by atoms with Gasteiger partial charge < -0.3 is 14.8 Å². The van der Waals surface area contributed by atoms with Crippen LogP contribution in [-0.2, 0) is 9.47 Å². The summed E-state index contributed by atoms with van der Waals surface area (Å²) in [6, 6.07) is 0.488. The maximum atomic E-state index is 5.97. The van der Waals surface area contributed by atoms with Gasteiger partial charge in [0.05, 0.1) is 12.7 Å². The van der Waals surface area contributed by atoms with Gasteiger partial charge in [0, 0.05) is 32.3 Å². The Balaban J connectivity index is 1.82. The second kappa shape index (κ2) is 7.43. The van der Waals surface area contributed by atoms with Crippen molar-refractivity contribution < 1.29 is 9.47 Å². The van der Waals surface area contributed by atoms with Crippen LogP contribution in [0.15, 0.2) is 0 Å². The third kappa shape index (κ3) is 3.92. The van der Waals surface area contributed by atoms with Crippen molar-refractivity contribution in [3.05, 3.63) is 0 Å². The largest absolute Gasteiger partial charge is 0.381 e. The predicted molar refractivity (Wildman–Crippen MR) is 72.9 cm³/mol. The zero-order chi connectivity index (χ0) is 12.8. The van der Waals surface area contributed by atoms with Gasteiger partial charge in [0.1, 0.15) is 0 Å². The number of likely N-dealkylation sites (N-methyl/N-ethyl adjacent to an activating group) is 2. The third-order valence-electron chi connectivity index (χ3n) is 4.37. The third-order valence-corrected chi connectivity index (χ3v) is 4.37. The number of hydrogen-bond acceptors (Lipinski definition) is 4. The molecular weight excluding hydrogens is 228 g/mol. The van der Waals surface area contributed by atoms with Crippen LogP contribution in [0.2, 0.25) is 0 Å². The fourth-order valence-electron chi connectivity index (χ4n) is 3.06. The average Bonchev–Trinajstić information content (AvgIpc) is 2.46. The summed E-state index contributed by atoms with van der Waals surface area (Å²) in [5.41, 5.74) is 0. The lowest BCUT2D eigenvalue weighted by atomic mass is 9.90. The van der Waals surface area contributed by atoms with Crippen molar-refractivity contribution in [3.63, 3.8) is 0 Å². The number of nitrogens with one attached hydrogen (secondary N) is 1. The minimum Gasteiger partial charge on any atom is -0.381 e. The first-order valence-electron chi connectivity index (χ1n) is 7.42. The molecule has 106 valence electrons. The predicted octanol–water partition coefficient (Wildman–Crippen LogP) is 1.11. The second-order valence-corrected chi connectivity index (χ2v) is 5.49. The fourth-order valence-corrected chi connectivity index (χ4v) is 3.06. The Kier molecular flexibility index (Phi) is 5.89. The summed E-state index contributed by atoms with van der Waals surface area (Å²) in [5.74, 6) is 0.803. The Hall–Kier alpha value is -0.160. The molecule has 0 aromatic heterocycles. The van der Waals surface area contributed by atoms with Gasteiger partial charge in [-0.3, -0.25) is 4.90 Å². The Labute approximate surface area is 111 Å². The maximum Gasteiger partial charge on any atom is 0.0855 e. The van der Waals surface area contributed by atoms with Crippen LogP contribution in [0.5, 0.6) is 0 Å². The van der Waals surface area contributed by atoms with Crippen LogP contribution >= 0.6 is 0 Å². The molecule has 4 nitrogen and oxygen atoms in total. The van der Waals surface area contributed by atoms with Crippen molar-refractivity contribution in [2.24, 2.45) is 5.92 Å². The molecule has 2 aliphatic rings. The molecular formula is C14H28N2O2. The lowest BCUT2D eigenvalue weighted by Crippen LogP contribution is -2.52. The van der Waals surface area contributed by atoms with E-state index >= 15 is 0 Å². The Bertz CT molecular complexity index is 232. The van der Waals surface area contributed by atoms with Crippen molar-refractivity contribution in [2.45, 2.75) is 38.3 Å².